The van der Waals surface area contributed by atoms with Gasteiger partial charge in [0.1, 0.15) is 0 Å². The van der Waals surface area contributed by atoms with Crippen LogP contribution in [-0.2, 0) is 0 Å². The van der Waals surface area contributed by atoms with Gasteiger partial charge in [0.25, 0.3) is 0 Å². The first kappa shape index (κ1) is 12.5. The number of hydrogen-bond acceptors (Lipinski definition) is 0. The van der Waals surface area contributed by atoms with Crippen LogP contribution in [0.4, 0.5) is 0 Å². The largest absolute Gasteiger partial charge is 0.309 e. The van der Waals surface area contributed by atoms with Crippen LogP contribution in [0, 0.1) is 0 Å². The summed E-state index contributed by atoms with van der Waals surface area (Å²) in [6.07, 6.45) is 0. The van der Waals surface area contributed by atoms with Crippen LogP contribution in [0.15, 0.2) is 187 Å². The van der Waals surface area contributed by atoms with E-state index >= 15 is 0 Å². The first-order chi connectivity index (χ1) is 36.6. The van der Waals surface area contributed by atoms with E-state index in [0.29, 0.717) is 0 Å². The first-order valence-electron chi connectivity index (χ1n) is 28.8. The Hall–Kier alpha value is -6.84. The third-order valence-electron chi connectivity index (χ3n) is 8.73. The maximum absolute atomic E-state index is 10.2. The number of para-hydroxylation sites is 5. The van der Waals surface area contributed by atoms with Gasteiger partial charge in [-0.3, -0.25) is 0 Å². The summed E-state index contributed by atoms with van der Waals surface area (Å²) in [5.41, 5.74) is -4.73. The fraction of sp³-hybridized carbons (Fsp3) is 0. The average Bonchev–Trinajstić information content (AvgIpc) is 4.29. The Kier molecular flexibility index (Phi) is 2.65. The average molecular weight is 677 g/mol. The van der Waals surface area contributed by atoms with E-state index in [0.717, 1.165) is 13.7 Å². The van der Waals surface area contributed by atoms with Crippen LogP contribution >= 0.6 is 0 Å². The Morgan fingerprint density at radius 2 is 0.804 bits per heavy atom. The summed E-state index contributed by atoms with van der Waals surface area (Å²) in [5, 5.41) is -2.94. The van der Waals surface area contributed by atoms with E-state index in [2.05, 4.69) is 0 Å². The highest BCUT2D eigenvalue weighted by Gasteiger charge is 2.21. The number of fused-ring (bicyclic) bond motifs is 9. The maximum atomic E-state index is 10.2. The SMILES string of the molecule is [2H]c1c([2H])c([2H])c(-c2ccc(-n3c4c([2H])c([2H])c([2H])c([2H])c4c4c([2H])c(-n5c6c([2H])c([2H])c([2H])c([2H])c6c6c([2H])c([2H])c([2H])c(-n7c8c([2H])c([2H])c([2H])c([2H])c8c8c([2H])c([2H])c([2H])c([2H])c87)c65)c([2H])c([2H])c43)cc2)c([2H])c1[2H]. The first-order valence-corrected chi connectivity index (χ1v) is 15.3. The summed E-state index contributed by atoms with van der Waals surface area (Å²) in [4.78, 5) is 0. The lowest BCUT2D eigenvalue weighted by molar-refractivity contribution is 1.13. The molecule has 0 aliphatic heterocycles. The Bertz CT molecular complexity index is 4580. The fourth-order valence-corrected chi connectivity index (χ4v) is 6.63. The molecule has 3 aromatic heterocycles. The monoisotopic (exact) mass is 676 g/mol. The molecule has 0 unspecified atom stereocenters. The highest BCUT2D eigenvalue weighted by Crippen LogP contribution is 2.41. The highest BCUT2D eigenvalue weighted by atomic mass is 15.1. The van der Waals surface area contributed by atoms with Gasteiger partial charge in [-0.05, 0) is 71.6 Å². The van der Waals surface area contributed by atoms with E-state index in [1.807, 2.05) is 0 Å². The van der Waals surface area contributed by atoms with Crippen molar-refractivity contribution < 1.29 is 37.0 Å². The van der Waals surface area contributed by atoms with Gasteiger partial charge in [0.15, 0.2) is 0 Å². The van der Waals surface area contributed by atoms with Gasteiger partial charge in [0.2, 0.25) is 0 Å². The minimum Gasteiger partial charge on any atom is -0.309 e. The fourth-order valence-electron chi connectivity index (χ4n) is 6.63. The number of aromatic nitrogens is 3. The van der Waals surface area contributed by atoms with Gasteiger partial charge >= 0.3 is 0 Å². The summed E-state index contributed by atoms with van der Waals surface area (Å²) < 4.78 is 246. The van der Waals surface area contributed by atoms with Crippen molar-refractivity contribution in [1.29, 1.82) is 0 Å². The van der Waals surface area contributed by atoms with Gasteiger partial charge < -0.3 is 13.7 Å². The molecule has 0 radical (unpaired) electrons. The van der Waals surface area contributed by atoms with Gasteiger partial charge in [-0.25, -0.2) is 0 Å². The summed E-state index contributed by atoms with van der Waals surface area (Å²) in [5.74, 6) is 0. The van der Waals surface area contributed by atoms with Gasteiger partial charge in [0.05, 0.1) is 75.8 Å². The quantitative estimate of drug-likeness (QED) is 0.176. The lowest BCUT2D eigenvalue weighted by Crippen LogP contribution is -2.00. The van der Waals surface area contributed by atoms with Crippen molar-refractivity contribution in [3.8, 4) is 28.2 Å². The van der Waals surface area contributed by atoms with E-state index in [1.165, 1.54) is 24.3 Å². The Labute approximate surface area is 332 Å². The number of hydrogen-bond donors (Lipinski definition) is 0. The molecule has 0 aliphatic rings. The lowest BCUT2D eigenvalue weighted by Gasteiger charge is -2.15. The molecule has 11 aromatic rings. The second-order valence-corrected chi connectivity index (χ2v) is 11.3. The van der Waals surface area contributed by atoms with E-state index in [9.17, 15) is 16.4 Å². The van der Waals surface area contributed by atoms with Crippen LogP contribution in [0.5, 0.6) is 0 Å². The van der Waals surface area contributed by atoms with Crippen molar-refractivity contribution >= 4 is 65.4 Å². The van der Waals surface area contributed by atoms with Gasteiger partial charge in [0, 0.05) is 43.7 Å². The molecule has 0 saturated carbocycles. The number of nitrogens with zero attached hydrogens (tertiary/aromatic N) is 3. The molecule has 11 rings (SSSR count). The molecule has 8 aromatic carbocycles. The molecule has 0 N–H and O–H groups in total. The Balaban J connectivity index is 1.39. The maximum Gasteiger partial charge on any atom is 0.0782 e. The standard InChI is InChI=1S/C48H31N3/c1-2-13-32(14-3-1)33-25-27-34(28-26-33)49-42-20-8-7-18-39(42)41-31-35(29-30-46(41)49)50-43-21-9-6-17-38(43)40-19-12-24-47(48(40)50)51-44-22-10-4-15-36(44)37-16-5-11-23-45(37)51/h1-31H/i1D,2D,3D,4D,5D,6D,7D,8D,9D,10D,11D,12D,13D,14D,15D,16D,17D,18D,19D,20D,21D,22D,23D,24D,29D,30D,31D. The third kappa shape index (κ3) is 4.06. The molecule has 238 valence electrons. The predicted octanol–water partition coefficient (Wildman–Crippen LogP) is 12.6. The van der Waals surface area contributed by atoms with Crippen LogP contribution in [0.25, 0.3) is 93.6 Å². The van der Waals surface area contributed by atoms with Crippen molar-refractivity contribution in [2.75, 3.05) is 0 Å². The lowest BCUT2D eigenvalue weighted by atomic mass is 10.1. The molecule has 0 spiro atoms. The zero-order chi connectivity index (χ0) is 57.0. The Morgan fingerprint density at radius 1 is 0.314 bits per heavy atom. The highest BCUT2D eigenvalue weighted by molar-refractivity contribution is 6.16. The minimum atomic E-state index is -0.978. The van der Waals surface area contributed by atoms with Crippen molar-refractivity contribution in [3.05, 3.63) is 187 Å². The van der Waals surface area contributed by atoms with Gasteiger partial charge in [-0.2, -0.15) is 0 Å². The molecular weight excluding hydrogens is 619 g/mol. The van der Waals surface area contributed by atoms with Crippen LogP contribution in [0.2, 0.25) is 0 Å². The van der Waals surface area contributed by atoms with E-state index in [1.54, 1.807) is 0 Å². The molecule has 0 amide bonds. The van der Waals surface area contributed by atoms with Crippen LogP contribution in [-0.4, -0.2) is 13.7 Å². The topological polar surface area (TPSA) is 14.8 Å². The molecule has 0 atom stereocenters. The molecule has 51 heavy (non-hydrogen) atoms. The Morgan fingerprint density at radius 3 is 1.45 bits per heavy atom. The molecule has 0 bridgehead atoms. The van der Waals surface area contributed by atoms with Crippen molar-refractivity contribution in [3.63, 3.8) is 0 Å². The molecule has 0 aliphatic carbocycles. The molecule has 0 fully saturated rings. The summed E-state index contributed by atoms with van der Waals surface area (Å²) in [6, 6.07) is -16.2. The second kappa shape index (κ2) is 10.8. The molecule has 0 saturated heterocycles. The van der Waals surface area contributed by atoms with Crippen LogP contribution < -0.4 is 0 Å². The molecular formula is C48H31N3. The summed E-state index contributed by atoms with van der Waals surface area (Å²) in [7, 11) is 0. The van der Waals surface area contributed by atoms with Crippen molar-refractivity contribution in [2.24, 2.45) is 0 Å². The summed E-state index contributed by atoms with van der Waals surface area (Å²) in [6.45, 7) is 0. The van der Waals surface area contributed by atoms with Crippen LogP contribution in [0.3, 0.4) is 0 Å². The van der Waals surface area contributed by atoms with E-state index in [4.69, 9.17) is 20.6 Å². The number of benzene rings is 8. The molecule has 3 nitrogen and oxygen atoms in total. The zero-order valence-corrected chi connectivity index (χ0v) is 25.7. The van der Waals surface area contributed by atoms with E-state index < -0.39 is 229 Å². The minimum absolute atomic E-state index is 0.0191. The summed E-state index contributed by atoms with van der Waals surface area (Å²) >= 11 is 0. The molecule has 3 heteroatoms. The van der Waals surface area contributed by atoms with Crippen molar-refractivity contribution in [2.45, 2.75) is 0 Å². The smallest absolute Gasteiger partial charge is 0.0782 e. The van der Waals surface area contributed by atoms with E-state index in [-0.39, 0.29) is 27.8 Å². The van der Waals surface area contributed by atoms with Gasteiger partial charge in [-0.1, -0.05) is 127 Å². The normalized spacial score (nSPS) is 19.3. The van der Waals surface area contributed by atoms with Crippen LogP contribution in [0.1, 0.15) is 37.0 Å². The van der Waals surface area contributed by atoms with Crippen molar-refractivity contribution in [1.82, 2.24) is 13.7 Å². The third-order valence-corrected chi connectivity index (χ3v) is 8.73. The predicted molar refractivity (Wildman–Crippen MR) is 215 cm³/mol. The zero-order valence-electron chi connectivity index (χ0n) is 52.7. The second-order valence-electron chi connectivity index (χ2n) is 11.3. The molecule has 3 heterocycles. The number of rotatable bonds is 4. The van der Waals surface area contributed by atoms with Gasteiger partial charge in [-0.15, -0.1) is 0 Å².